The third-order valence-corrected chi connectivity index (χ3v) is 2.05. The second-order valence-corrected chi connectivity index (χ2v) is 3.49. The molecular weight excluding hydrogens is 178 g/mol. The summed E-state index contributed by atoms with van der Waals surface area (Å²) in [7, 11) is 2.04. The standard InChI is InChI=1S/C8H16ClNO2/c1-7-11-6-8(12-7)5-10(2)4-3-9/h7-8H,3-6H2,1-2H3/t7-,8-/m0/s1. The normalized spacial score (nSPS) is 30.0. The van der Waals surface area contributed by atoms with E-state index in [1.807, 2.05) is 14.0 Å². The minimum absolute atomic E-state index is 0.0422. The van der Waals surface area contributed by atoms with Crippen molar-refractivity contribution in [1.82, 2.24) is 4.90 Å². The van der Waals surface area contributed by atoms with Crippen molar-refractivity contribution in [3.8, 4) is 0 Å². The average molecular weight is 194 g/mol. The van der Waals surface area contributed by atoms with Gasteiger partial charge in [-0.3, -0.25) is 0 Å². The van der Waals surface area contributed by atoms with E-state index < -0.39 is 0 Å². The zero-order valence-corrected chi connectivity index (χ0v) is 8.38. The van der Waals surface area contributed by atoms with Crippen LogP contribution in [0.2, 0.25) is 0 Å². The van der Waals surface area contributed by atoms with Crippen molar-refractivity contribution in [3.05, 3.63) is 0 Å². The van der Waals surface area contributed by atoms with Gasteiger partial charge in [0.1, 0.15) is 0 Å². The smallest absolute Gasteiger partial charge is 0.155 e. The Labute approximate surface area is 78.6 Å². The Morgan fingerprint density at radius 2 is 2.33 bits per heavy atom. The second kappa shape index (κ2) is 5.02. The zero-order chi connectivity index (χ0) is 8.97. The molecule has 2 atom stereocenters. The maximum Gasteiger partial charge on any atom is 0.155 e. The second-order valence-electron chi connectivity index (χ2n) is 3.11. The predicted molar refractivity (Wildman–Crippen MR) is 48.5 cm³/mol. The molecule has 1 fully saturated rings. The molecule has 0 amide bonds. The van der Waals surface area contributed by atoms with Gasteiger partial charge in [0.25, 0.3) is 0 Å². The Morgan fingerprint density at radius 3 is 2.83 bits per heavy atom. The van der Waals surface area contributed by atoms with Crippen molar-refractivity contribution in [1.29, 1.82) is 0 Å². The number of alkyl halides is 1. The van der Waals surface area contributed by atoms with E-state index in [0.717, 1.165) is 13.1 Å². The molecule has 1 aliphatic rings. The van der Waals surface area contributed by atoms with Gasteiger partial charge < -0.3 is 14.4 Å². The quantitative estimate of drug-likeness (QED) is 0.620. The minimum atomic E-state index is -0.0422. The van der Waals surface area contributed by atoms with Crippen LogP contribution >= 0.6 is 11.6 Å². The molecule has 3 nitrogen and oxygen atoms in total. The van der Waals surface area contributed by atoms with E-state index in [4.69, 9.17) is 21.1 Å². The Balaban J connectivity index is 2.14. The molecule has 1 saturated heterocycles. The Bertz CT molecular complexity index is 134. The fraction of sp³-hybridized carbons (Fsp3) is 1.00. The molecular formula is C8H16ClNO2. The summed E-state index contributed by atoms with van der Waals surface area (Å²) in [4.78, 5) is 2.15. The van der Waals surface area contributed by atoms with Gasteiger partial charge in [-0.1, -0.05) is 0 Å². The molecule has 1 aliphatic heterocycles. The first-order valence-corrected chi connectivity index (χ1v) is 4.77. The number of hydrogen-bond acceptors (Lipinski definition) is 3. The van der Waals surface area contributed by atoms with Crippen LogP contribution < -0.4 is 0 Å². The average Bonchev–Trinajstić information content (AvgIpc) is 2.36. The van der Waals surface area contributed by atoms with Gasteiger partial charge in [-0.05, 0) is 14.0 Å². The lowest BCUT2D eigenvalue weighted by Gasteiger charge is -2.18. The highest BCUT2D eigenvalue weighted by molar-refractivity contribution is 6.18. The molecule has 72 valence electrons. The fourth-order valence-corrected chi connectivity index (χ4v) is 1.56. The van der Waals surface area contributed by atoms with Gasteiger partial charge in [-0.2, -0.15) is 0 Å². The first-order chi connectivity index (χ1) is 5.72. The number of nitrogens with zero attached hydrogens (tertiary/aromatic N) is 1. The van der Waals surface area contributed by atoms with Crippen molar-refractivity contribution in [2.45, 2.75) is 19.3 Å². The lowest BCUT2D eigenvalue weighted by molar-refractivity contribution is -0.0457. The first-order valence-electron chi connectivity index (χ1n) is 4.24. The molecule has 0 unspecified atom stereocenters. The molecule has 0 aromatic rings. The predicted octanol–water partition coefficient (Wildman–Crippen LogP) is 0.918. The number of rotatable bonds is 4. The summed E-state index contributed by atoms with van der Waals surface area (Å²) in [5.74, 6) is 0.666. The minimum Gasteiger partial charge on any atom is -0.350 e. The summed E-state index contributed by atoms with van der Waals surface area (Å²) in [6.45, 7) is 4.42. The van der Waals surface area contributed by atoms with Gasteiger partial charge in [-0.25, -0.2) is 0 Å². The van der Waals surface area contributed by atoms with E-state index in [1.54, 1.807) is 0 Å². The van der Waals surface area contributed by atoms with Crippen LogP contribution in [0.5, 0.6) is 0 Å². The number of halogens is 1. The van der Waals surface area contributed by atoms with E-state index in [0.29, 0.717) is 12.5 Å². The lowest BCUT2D eigenvalue weighted by Crippen LogP contribution is -2.32. The molecule has 0 aliphatic carbocycles. The Morgan fingerprint density at radius 1 is 1.58 bits per heavy atom. The van der Waals surface area contributed by atoms with Gasteiger partial charge in [0.15, 0.2) is 6.29 Å². The lowest BCUT2D eigenvalue weighted by atomic mass is 10.3. The molecule has 0 spiro atoms. The molecule has 4 heteroatoms. The van der Waals surface area contributed by atoms with E-state index in [2.05, 4.69) is 4.90 Å². The molecule has 0 bridgehead atoms. The highest BCUT2D eigenvalue weighted by Crippen LogP contribution is 2.11. The number of likely N-dealkylation sites (N-methyl/N-ethyl adjacent to an activating group) is 1. The van der Waals surface area contributed by atoms with Crippen LogP contribution in [-0.2, 0) is 9.47 Å². The summed E-state index contributed by atoms with van der Waals surface area (Å²) in [6.07, 6.45) is 0.174. The van der Waals surface area contributed by atoms with Crippen molar-refractivity contribution in [2.24, 2.45) is 0 Å². The van der Waals surface area contributed by atoms with Gasteiger partial charge in [0, 0.05) is 19.0 Å². The number of ether oxygens (including phenoxy) is 2. The molecule has 1 rings (SSSR count). The summed E-state index contributed by atoms with van der Waals surface area (Å²) >= 11 is 5.60. The fourth-order valence-electron chi connectivity index (χ4n) is 1.27. The van der Waals surface area contributed by atoms with Crippen LogP contribution in [0.4, 0.5) is 0 Å². The molecule has 0 saturated carbocycles. The topological polar surface area (TPSA) is 21.7 Å². The molecule has 1 heterocycles. The van der Waals surface area contributed by atoms with Gasteiger partial charge in [0.2, 0.25) is 0 Å². The summed E-state index contributed by atoms with van der Waals surface area (Å²) in [5.41, 5.74) is 0. The van der Waals surface area contributed by atoms with Crippen LogP contribution in [0.3, 0.4) is 0 Å². The van der Waals surface area contributed by atoms with Crippen LogP contribution in [0.25, 0.3) is 0 Å². The largest absolute Gasteiger partial charge is 0.350 e. The van der Waals surface area contributed by atoms with Crippen molar-refractivity contribution in [2.75, 3.05) is 32.6 Å². The van der Waals surface area contributed by atoms with Gasteiger partial charge in [0.05, 0.1) is 12.7 Å². The van der Waals surface area contributed by atoms with E-state index in [-0.39, 0.29) is 12.4 Å². The van der Waals surface area contributed by atoms with Crippen molar-refractivity contribution >= 4 is 11.6 Å². The SMILES string of the molecule is C[C@H]1OC[C@H](CN(C)CCCl)O1. The first kappa shape index (κ1) is 10.3. The van der Waals surface area contributed by atoms with Crippen LogP contribution in [0.1, 0.15) is 6.92 Å². The van der Waals surface area contributed by atoms with E-state index in [9.17, 15) is 0 Å². The molecule has 0 aromatic carbocycles. The maximum absolute atomic E-state index is 5.60. The molecule has 0 radical (unpaired) electrons. The molecule has 0 aromatic heterocycles. The van der Waals surface area contributed by atoms with Crippen LogP contribution in [0.15, 0.2) is 0 Å². The Hall–Kier alpha value is 0.170. The van der Waals surface area contributed by atoms with E-state index in [1.165, 1.54) is 0 Å². The maximum atomic E-state index is 5.60. The molecule has 0 N–H and O–H groups in total. The monoisotopic (exact) mass is 193 g/mol. The molecule has 12 heavy (non-hydrogen) atoms. The summed E-state index contributed by atoms with van der Waals surface area (Å²) in [6, 6.07) is 0. The Kier molecular flexibility index (Phi) is 4.29. The third-order valence-electron chi connectivity index (χ3n) is 1.88. The summed E-state index contributed by atoms with van der Waals surface area (Å²) in [5, 5.41) is 0. The van der Waals surface area contributed by atoms with Crippen LogP contribution in [-0.4, -0.2) is 49.9 Å². The highest BCUT2D eigenvalue weighted by Gasteiger charge is 2.22. The van der Waals surface area contributed by atoms with Gasteiger partial charge >= 0.3 is 0 Å². The van der Waals surface area contributed by atoms with Crippen LogP contribution in [0, 0.1) is 0 Å². The number of hydrogen-bond donors (Lipinski definition) is 0. The third kappa shape index (κ3) is 3.27. The highest BCUT2D eigenvalue weighted by atomic mass is 35.5. The van der Waals surface area contributed by atoms with Crippen molar-refractivity contribution < 1.29 is 9.47 Å². The van der Waals surface area contributed by atoms with Crippen molar-refractivity contribution in [3.63, 3.8) is 0 Å². The zero-order valence-electron chi connectivity index (χ0n) is 7.62. The summed E-state index contributed by atoms with van der Waals surface area (Å²) < 4.78 is 10.7. The van der Waals surface area contributed by atoms with Gasteiger partial charge in [-0.15, -0.1) is 11.6 Å². The van der Waals surface area contributed by atoms with E-state index >= 15 is 0 Å².